The van der Waals surface area contributed by atoms with E-state index < -0.39 is 0 Å². The van der Waals surface area contributed by atoms with Crippen LogP contribution in [0.2, 0.25) is 0 Å². The Morgan fingerprint density at radius 3 is 3.00 bits per heavy atom. The molecule has 0 aromatic rings. The molecule has 2 rings (SSSR count). The standard InChI is InChI=1S/C12H23N3O/c1-9(2)7-15-11(13)14-8-12(15)4-5-16-10(3)6-12/h9-10H,4-8H2,1-3H3,(H2,13,14). The average Bonchev–Trinajstić information content (AvgIpc) is 2.47. The van der Waals surface area contributed by atoms with Gasteiger partial charge in [0.2, 0.25) is 0 Å². The van der Waals surface area contributed by atoms with E-state index in [-0.39, 0.29) is 5.54 Å². The van der Waals surface area contributed by atoms with Crippen LogP contribution in [0, 0.1) is 5.92 Å². The van der Waals surface area contributed by atoms with E-state index in [2.05, 4.69) is 30.7 Å². The largest absolute Gasteiger partial charge is 0.378 e. The van der Waals surface area contributed by atoms with Crippen molar-refractivity contribution in [2.45, 2.75) is 45.3 Å². The molecule has 0 bridgehead atoms. The van der Waals surface area contributed by atoms with Gasteiger partial charge in [0, 0.05) is 13.2 Å². The third-order valence-electron chi connectivity index (χ3n) is 3.57. The summed E-state index contributed by atoms with van der Waals surface area (Å²) in [6.45, 7) is 9.27. The lowest BCUT2D eigenvalue weighted by molar-refractivity contribution is -0.0401. The number of hydrogen-bond acceptors (Lipinski definition) is 4. The van der Waals surface area contributed by atoms with Gasteiger partial charge in [0.1, 0.15) is 0 Å². The van der Waals surface area contributed by atoms with E-state index in [1.54, 1.807) is 0 Å². The van der Waals surface area contributed by atoms with Crippen molar-refractivity contribution >= 4 is 5.96 Å². The summed E-state index contributed by atoms with van der Waals surface area (Å²) in [7, 11) is 0. The van der Waals surface area contributed by atoms with Crippen LogP contribution in [-0.2, 0) is 4.74 Å². The number of aliphatic imine (C=N–C) groups is 1. The molecular weight excluding hydrogens is 202 g/mol. The molecular formula is C12H23N3O. The minimum atomic E-state index is 0.145. The van der Waals surface area contributed by atoms with Crippen molar-refractivity contribution in [2.24, 2.45) is 16.6 Å². The molecule has 2 unspecified atom stereocenters. The fourth-order valence-corrected chi connectivity index (χ4v) is 2.83. The second-order valence-electron chi connectivity index (χ2n) is 5.54. The zero-order valence-corrected chi connectivity index (χ0v) is 10.6. The molecule has 0 amide bonds. The Morgan fingerprint density at radius 2 is 2.38 bits per heavy atom. The molecule has 0 aromatic carbocycles. The van der Waals surface area contributed by atoms with Gasteiger partial charge in [0.15, 0.2) is 5.96 Å². The highest BCUT2D eigenvalue weighted by Gasteiger charge is 2.45. The van der Waals surface area contributed by atoms with Gasteiger partial charge in [0.05, 0.1) is 18.2 Å². The summed E-state index contributed by atoms with van der Waals surface area (Å²) in [4.78, 5) is 6.76. The van der Waals surface area contributed by atoms with Crippen molar-refractivity contribution < 1.29 is 4.74 Å². The SMILES string of the molecule is CC(C)CN1C(N)=NCC12CCOC(C)C2. The zero-order chi connectivity index (χ0) is 11.8. The molecule has 2 N–H and O–H groups in total. The fourth-order valence-electron chi connectivity index (χ4n) is 2.83. The molecule has 1 fully saturated rings. The van der Waals surface area contributed by atoms with Crippen molar-refractivity contribution in [3.05, 3.63) is 0 Å². The lowest BCUT2D eigenvalue weighted by Gasteiger charge is -2.44. The summed E-state index contributed by atoms with van der Waals surface area (Å²) >= 11 is 0. The molecule has 4 heteroatoms. The molecule has 0 radical (unpaired) electrons. The number of ether oxygens (including phenoxy) is 1. The van der Waals surface area contributed by atoms with E-state index in [4.69, 9.17) is 10.5 Å². The third kappa shape index (κ3) is 2.03. The van der Waals surface area contributed by atoms with E-state index in [9.17, 15) is 0 Å². The Morgan fingerprint density at radius 1 is 1.62 bits per heavy atom. The molecule has 2 atom stereocenters. The molecule has 2 aliphatic heterocycles. The molecule has 2 aliphatic rings. The molecule has 0 saturated carbocycles. The van der Waals surface area contributed by atoms with E-state index >= 15 is 0 Å². The van der Waals surface area contributed by atoms with Gasteiger partial charge in [0.25, 0.3) is 0 Å². The molecule has 0 aliphatic carbocycles. The lowest BCUT2D eigenvalue weighted by Crippen LogP contribution is -2.56. The zero-order valence-electron chi connectivity index (χ0n) is 10.6. The van der Waals surface area contributed by atoms with Crippen molar-refractivity contribution in [3.8, 4) is 0 Å². The van der Waals surface area contributed by atoms with Crippen LogP contribution >= 0.6 is 0 Å². The van der Waals surface area contributed by atoms with E-state index in [1.165, 1.54) is 0 Å². The Hall–Kier alpha value is -0.770. The normalized spacial score (nSPS) is 34.9. The number of nitrogens with zero attached hydrogens (tertiary/aromatic N) is 2. The summed E-state index contributed by atoms with van der Waals surface area (Å²) in [6.07, 6.45) is 2.42. The minimum Gasteiger partial charge on any atom is -0.378 e. The smallest absolute Gasteiger partial charge is 0.191 e. The lowest BCUT2D eigenvalue weighted by atomic mass is 9.85. The molecule has 0 aromatic heterocycles. The van der Waals surface area contributed by atoms with Gasteiger partial charge in [-0.15, -0.1) is 0 Å². The quantitative estimate of drug-likeness (QED) is 0.768. The number of hydrogen-bond donors (Lipinski definition) is 1. The van der Waals surface area contributed by atoms with Crippen LogP contribution in [0.3, 0.4) is 0 Å². The first-order chi connectivity index (χ1) is 7.53. The van der Waals surface area contributed by atoms with Crippen molar-refractivity contribution in [1.82, 2.24) is 4.90 Å². The molecule has 16 heavy (non-hydrogen) atoms. The van der Waals surface area contributed by atoms with Gasteiger partial charge in [-0.05, 0) is 25.7 Å². The first-order valence-corrected chi connectivity index (χ1v) is 6.23. The molecule has 1 saturated heterocycles. The second kappa shape index (κ2) is 4.24. The summed E-state index contributed by atoms with van der Waals surface area (Å²) < 4.78 is 5.63. The highest BCUT2D eigenvalue weighted by Crippen LogP contribution is 2.35. The average molecular weight is 225 g/mol. The summed E-state index contributed by atoms with van der Waals surface area (Å²) in [5, 5.41) is 0. The van der Waals surface area contributed by atoms with Gasteiger partial charge in [-0.25, -0.2) is 0 Å². The maximum absolute atomic E-state index is 6.01. The van der Waals surface area contributed by atoms with Crippen LogP contribution in [0.1, 0.15) is 33.6 Å². The van der Waals surface area contributed by atoms with Crippen LogP contribution in [0.5, 0.6) is 0 Å². The predicted molar refractivity (Wildman–Crippen MR) is 65.4 cm³/mol. The van der Waals surface area contributed by atoms with E-state index in [0.29, 0.717) is 12.0 Å². The third-order valence-corrected chi connectivity index (χ3v) is 3.57. The topological polar surface area (TPSA) is 50.8 Å². The van der Waals surface area contributed by atoms with Crippen molar-refractivity contribution in [1.29, 1.82) is 0 Å². The Balaban J connectivity index is 2.13. The van der Waals surface area contributed by atoms with Gasteiger partial charge in [-0.2, -0.15) is 0 Å². The fraction of sp³-hybridized carbons (Fsp3) is 0.917. The molecule has 2 heterocycles. The maximum Gasteiger partial charge on any atom is 0.191 e. The number of guanidine groups is 1. The van der Waals surface area contributed by atoms with Crippen LogP contribution in [0.15, 0.2) is 4.99 Å². The van der Waals surface area contributed by atoms with E-state index in [0.717, 1.165) is 38.5 Å². The van der Waals surface area contributed by atoms with Crippen LogP contribution in [-0.4, -0.2) is 42.2 Å². The summed E-state index contributed by atoms with van der Waals surface area (Å²) in [5.74, 6) is 1.34. The number of rotatable bonds is 2. The first-order valence-electron chi connectivity index (χ1n) is 6.23. The Kier molecular flexibility index (Phi) is 3.10. The monoisotopic (exact) mass is 225 g/mol. The first kappa shape index (κ1) is 11.7. The highest BCUT2D eigenvalue weighted by atomic mass is 16.5. The predicted octanol–water partition coefficient (Wildman–Crippen LogP) is 1.21. The summed E-state index contributed by atoms with van der Waals surface area (Å²) in [6, 6.07) is 0. The van der Waals surface area contributed by atoms with Crippen LogP contribution < -0.4 is 5.73 Å². The summed E-state index contributed by atoms with van der Waals surface area (Å²) in [5.41, 5.74) is 6.16. The van der Waals surface area contributed by atoms with Crippen LogP contribution in [0.25, 0.3) is 0 Å². The number of nitrogens with two attached hydrogens (primary N) is 1. The highest BCUT2D eigenvalue weighted by molar-refractivity contribution is 5.81. The molecule has 4 nitrogen and oxygen atoms in total. The van der Waals surface area contributed by atoms with Gasteiger partial charge in [-0.3, -0.25) is 4.99 Å². The van der Waals surface area contributed by atoms with Gasteiger partial charge < -0.3 is 15.4 Å². The van der Waals surface area contributed by atoms with Crippen molar-refractivity contribution in [3.63, 3.8) is 0 Å². The van der Waals surface area contributed by atoms with E-state index in [1.807, 2.05) is 0 Å². The second-order valence-corrected chi connectivity index (χ2v) is 5.54. The maximum atomic E-state index is 6.01. The minimum absolute atomic E-state index is 0.145. The molecule has 1 spiro atoms. The van der Waals surface area contributed by atoms with Crippen LogP contribution in [0.4, 0.5) is 0 Å². The van der Waals surface area contributed by atoms with Gasteiger partial charge in [-0.1, -0.05) is 13.8 Å². The Labute approximate surface area is 97.9 Å². The molecule has 92 valence electrons. The van der Waals surface area contributed by atoms with Gasteiger partial charge >= 0.3 is 0 Å². The van der Waals surface area contributed by atoms with Crippen molar-refractivity contribution in [2.75, 3.05) is 19.7 Å². The Bertz CT molecular complexity index is 290.